The van der Waals surface area contributed by atoms with Crippen molar-refractivity contribution in [1.29, 1.82) is 0 Å². The van der Waals surface area contributed by atoms with Gasteiger partial charge in [0.25, 0.3) is 0 Å². The molecule has 1 aliphatic heterocycles. The van der Waals surface area contributed by atoms with Crippen molar-refractivity contribution in [2.75, 3.05) is 11.5 Å². The van der Waals surface area contributed by atoms with Crippen molar-refractivity contribution in [3.8, 4) is 0 Å². The number of H-pyrrole nitrogens is 1. The Morgan fingerprint density at radius 1 is 1.33 bits per heavy atom. The summed E-state index contributed by atoms with van der Waals surface area (Å²) in [4.78, 5) is 14.4. The zero-order valence-electron chi connectivity index (χ0n) is 13.0. The highest BCUT2D eigenvalue weighted by molar-refractivity contribution is 7.91. The number of benzene rings is 1. The van der Waals surface area contributed by atoms with Crippen LogP contribution in [-0.2, 0) is 15.3 Å². The number of nitrogens with one attached hydrogen (secondary N) is 1. The van der Waals surface area contributed by atoms with Crippen LogP contribution in [0, 0.1) is 5.82 Å². The summed E-state index contributed by atoms with van der Waals surface area (Å²) in [5.41, 5.74) is 2.50. The molecule has 0 unspecified atom stereocenters. The molecule has 4 rings (SSSR count). The Hall–Kier alpha value is -2.22. The van der Waals surface area contributed by atoms with Gasteiger partial charge in [0.1, 0.15) is 26.8 Å². The average molecular weight is 349 g/mol. The van der Waals surface area contributed by atoms with Gasteiger partial charge in [-0.1, -0.05) is 6.92 Å². The molecule has 6 nitrogen and oxygen atoms in total. The number of aldehydes is 1. The number of nitrogens with zero attached hydrogens (tertiary/aromatic N) is 2. The molecule has 1 aromatic carbocycles. The van der Waals surface area contributed by atoms with Crippen molar-refractivity contribution in [3.63, 3.8) is 0 Å². The van der Waals surface area contributed by atoms with E-state index in [1.165, 1.54) is 12.1 Å². The minimum absolute atomic E-state index is 0.148. The van der Waals surface area contributed by atoms with Crippen LogP contribution in [0.15, 0.2) is 18.3 Å². The van der Waals surface area contributed by atoms with E-state index in [1.54, 1.807) is 10.7 Å². The monoisotopic (exact) mass is 349 g/mol. The van der Waals surface area contributed by atoms with Gasteiger partial charge in [-0.05, 0) is 30.4 Å². The van der Waals surface area contributed by atoms with Crippen LogP contribution >= 0.6 is 0 Å². The quantitative estimate of drug-likeness (QED) is 0.719. The van der Waals surface area contributed by atoms with Crippen LogP contribution in [0.1, 0.15) is 35.7 Å². The second kappa shape index (κ2) is 4.89. The first-order valence-electron chi connectivity index (χ1n) is 7.68. The topological polar surface area (TPSA) is 84.3 Å². The van der Waals surface area contributed by atoms with Crippen molar-refractivity contribution < 1.29 is 17.6 Å². The lowest BCUT2D eigenvalue weighted by Gasteiger charge is -2.32. The maximum Gasteiger partial charge on any atom is 0.152 e. The number of fused-ring (bicyclic) bond motifs is 3. The van der Waals surface area contributed by atoms with Gasteiger partial charge in [-0.25, -0.2) is 17.3 Å². The zero-order valence-corrected chi connectivity index (χ0v) is 13.9. The van der Waals surface area contributed by atoms with Gasteiger partial charge in [-0.3, -0.25) is 4.79 Å². The largest absolute Gasteiger partial charge is 0.338 e. The predicted molar refractivity (Wildman–Crippen MR) is 87.6 cm³/mol. The maximum atomic E-state index is 13.7. The van der Waals surface area contributed by atoms with Gasteiger partial charge in [0.15, 0.2) is 6.29 Å². The lowest BCUT2D eigenvalue weighted by atomic mass is 9.79. The van der Waals surface area contributed by atoms with E-state index in [-0.39, 0.29) is 22.5 Å². The highest BCUT2D eigenvalue weighted by Gasteiger charge is 2.37. The molecule has 3 heterocycles. The van der Waals surface area contributed by atoms with Gasteiger partial charge in [0.05, 0.1) is 23.2 Å². The molecule has 1 N–H and O–H groups in total. The molecule has 8 heteroatoms. The Morgan fingerprint density at radius 3 is 2.71 bits per heavy atom. The summed E-state index contributed by atoms with van der Waals surface area (Å²) in [6.07, 6.45) is 3.35. The summed E-state index contributed by atoms with van der Waals surface area (Å²) >= 11 is 0. The van der Waals surface area contributed by atoms with E-state index in [2.05, 4.69) is 10.1 Å². The first-order valence-corrected chi connectivity index (χ1v) is 9.50. The van der Waals surface area contributed by atoms with Crippen LogP contribution in [0.5, 0.6) is 0 Å². The molecule has 2 aromatic heterocycles. The Bertz CT molecular complexity index is 1070. The molecule has 3 aromatic rings. The molecule has 1 aliphatic rings. The van der Waals surface area contributed by atoms with Crippen molar-refractivity contribution in [1.82, 2.24) is 14.6 Å². The Balaban J connectivity index is 1.92. The highest BCUT2D eigenvalue weighted by atomic mass is 32.2. The summed E-state index contributed by atoms with van der Waals surface area (Å²) in [6.45, 7) is 2.02. The Labute approximate surface area is 137 Å². The Kier molecular flexibility index (Phi) is 3.12. The molecule has 0 saturated carbocycles. The zero-order chi connectivity index (χ0) is 17.1. The van der Waals surface area contributed by atoms with Crippen molar-refractivity contribution >= 4 is 32.8 Å². The molecule has 24 heavy (non-hydrogen) atoms. The lowest BCUT2D eigenvalue weighted by molar-refractivity contribution is 0.112. The van der Waals surface area contributed by atoms with E-state index in [0.717, 1.165) is 5.56 Å². The van der Waals surface area contributed by atoms with Gasteiger partial charge in [-0.15, -0.1) is 0 Å². The third-order valence-corrected chi connectivity index (χ3v) is 6.70. The number of hydrogen-bond donors (Lipinski definition) is 1. The van der Waals surface area contributed by atoms with Crippen LogP contribution < -0.4 is 0 Å². The molecule has 0 amide bonds. The number of rotatable bonds is 2. The smallest absolute Gasteiger partial charge is 0.152 e. The van der Waals surface area contributed by atoms with Gasteiger partial charge in [-0.2, -0.15) is 5.10 Å². The predicted octanol–water partition coefficient (Wildman–Crippen LogP) is 2.23. The number of aromatic nitrogens is 3. The number of carbonyl (C=O) groups excluding carboxylic acids is 1. The first-order chi connectivity index (χ1) is 11.3. The summed E-state index contributed by atoms with van der Waals surface area (Å²) < 4.78 is 38.7. The van der Waals surface area contributed by atoms with E-state index in [0.29, 0.717) is 35.8 Å². The summed E-state index contributed by atoms with van der Waals surface area (Å²) in [7, 11) is -2.97. The SMILES string of the molecule is CC1(c2cnn3c2[nH]c2cc(F)cc(C=O)c23)CCS(=O)(=O)CC1. The van der Waals surface area contributed by atoms with Gasteiger partial charge < -0.3 is 4.98 Å². The summed E-state index contributed by atoms with van der Waals surface area (Å²) in [5.74, 6) is -0.199. The van der Waals surface area contributed by atoms with E-state index in [9.17, 15) is 17.6 Å². The molecule has 0 bridgehead atoms. The van der Waals surface area contributed by atoms with Gasteiger partial charge >= 0.3 is 0 Å². The Morgan fingerprint density at radius 2 is 2.04 bits per heavy atom. The molecule has 1 fully saturated rings. The van der Waals surface area contributed by atoms with Crippen LogP contribution in [0.4, 0.5) is 4.39 Å². The lowest BCUT2D eigenvalue weighted by Crippen LogP contribution is -2.34. The molecule has 0 aliphatic carbocycles. The van der Waals surface area contributed by atoms with Crippen LogP contribution in [-0.4, -0.2) is 40.8 Å². The fourth-order valence-corrected chi connectivity index (χ4v) is 5.23. The summed E-state index contributed by atoms with van der Waals surface area (Å²) in [5, 5.41) is 4.36. The molecule has 1 saturated heterocycles. The van der Waals surface area contributed by atoms with Crippen molar-refractivity contribution in [3.05, 3.63) is 35.3 Å². The number of hydrogen-bond acceptors (Lipinski definition) is 4. The molecular formula is C16H16FN3O3S. The minimum Gasteiger partial charge on any atom is -0.338 e. The van der Waals surface area contributed by atoms with E-state index >= 15 is 0 Å². The van der Waals surface area contributed by atoms with Crippen molar-refractivity contribution in [2.45, 2.75) is 25.2 Å². The normalized spacial score (nSPS) is 19.8. The van der Waals surface area contributed by atoms with Crippen molar-refractivity contribution in [2.24, 2.45) is 0 Å². The maximum absolute atomic E-state index is 13.7. The molecule has 0 atom stereocenters. The second-order valence-corrected chi connectivity index (χ2v) is 8.97. The van der Waals surface area contributed by atoms with E-state index < -0.39 is 15.7 Å². The second-order valence-electron chi connectivity index (χ2n) is 6.67. The number of aromatic amines is 1. The van der Waals surface area contributed by atoms with Crippen LogP contribution in [0.25, 0.3) is 16.7 Å². The third kappa shape index (κ3) is 2.16. The fraction of sp³-hybridized carbons (Fsp3) is 0.375. The van der Waals surface area contributed by atoms with E-state index in [4.69, 9.17) is 0 Å². The number of imidazole rings is 1. The van der Waals surface area contributed by atoms with Crippen LogP contribution in [0.2, 0.25) is 0 Å². The summed E-state index contributed by atoms with van der Waals surface area (Å²) in [6, 6.07) is 2.51. The van der Waals surface area contributed by atoms with Gasteiger partial charge in [0.2, 0.25) is 0 Å². The first kappa shape index (κ1) is 15.3. The molecule has 0 radical (unpaired) electrons. The number of carbonyl (C=O) groups is 1. The third-order valence-electron chi connectivity index (χ3n) is 5.05. The van der Waals surface area contributed by atoms with E-state index in [1.807, 2.05) is 6.92 Å². The number of sulfone groups is 1. The molecular weight excluding hydrogens is 333 g/mol. The minimum atomic E-state index is -2.97. The molecule has 126 valence electrons. The van der Waals surface area contributed by atoms with Gasteiger partial charge in [0, 0.05) is 11.1 Å². The standard InChI is InChI=1S/C16H16FN3O3S/c1-16(2-4-24(22,23)5-3-16)12-8-18-20-14-10(9-21)6-11(17)7-13(14)19-15(12)20/h6-9,19H,2-5H2,1H3. The highest BCUT2D eigenvalue weighted by Crippen LogP contribution is 2.38. The molecule has 0 spiro atoms. The average Bonchev–Trinajstić information content (AvgIpc) is 3.08. The van der Waals surface area contributed by atoms with Crippen LogP contribution in [0.3, 0.4) is 0 Å². The number of halogens is 1. The fourth-order valence-electron chi connectivity index (χ4n) is 3.51.